The van der Waals surface area contributed by atoms with Gasteiger partial charge in [0.2, 0.25) is 0 Å². The molecular formula is C12H18N2O3. The van der Waals surface area contributed by atoms with E-state index >= 15 is 0 Å². The number of hydrogen-bond donors (Lipinski definition) is 1. The van der Waals surface area contributed by atoms with Crippen LogP contribution in [0, 0.1) is 10.1 Å². The molecule has 0 radical (unpaired) electrons. The number of hydrogen-bond acceptors (Lipinski definition) is 4. The zero-order valence-electron chi connectivity index (χ0n) is 10.4. The first-order valence-electron chi connectivity index (χ1n) is 5.44. The van der Waals surface area contributed by atoms with Crippen molar-refractivity contribution in [3.63, 3.8) is 0 Å². The van der Waals surface area contributed by atoms with Gasteiger partial charge in [-0.15, -0.1) is 0 Å². The normalized spacial score (nSPS) is 11.3. The molecule has 0 saturated carbocycles. The lowest BCUT2D eigenvalue weighted by molar-refractivity contribution is -0.386. The zero-order chi connectivity index (χ0) is 13.1. The number of nitro groups is 1. The molecule has 0 fully saturated rings. The Bertz CT molecular complexity index is 411. The van der Waals surface area contributed by atoms with Crippen LogP contribution in [0.4, 0.5) is 5.69 Å². The summed E-state index contributed by atoms with van der Waals surface area (Å²) in [5.41, 5.74) is 6.24. The second-order valence-corrected chi connectivity index (χ2v) is 4.71. The summed E-state index contributed by atoms with van der Waals surface area (Å²) in [5, 5.41) is 11.0. The van der Waals surface area contributed by atoms with Crippen molar-refractivity contribution in [3.8, 4) is 5.75 Å². The number of aryl methyl sites for hydroxylation is 1. The second kappa shape index (κ2) is 5.14. The Morgan fingerprint density at radius 2 is 2.12 bits per heavy atom. The van der Waals surface area contributed by atoms with Crippen molar-refractivity contribution in [2.24, 2.45) is 5.73 Å². The van der Waals surface area contributed by atoms with Crippen LogP contribution in [0.2, 0.25) is 0 Å². The Morgan fingerprint density at radius 3 is 2.59 bits per heavy atom. The number of rotatable bonds is 5. The third-order valence-electron chi connectivity index (χ3n) is 2.52. The summed E-state index contributed by atoms with van der Waals surface area (Å²) >= 11 is 0. The minimum Gasteiger partial charge on any atom is -0.490 e. The highest BCUT2D eigenvalue weighted by molar-refractivity contribution is 5.52. The van der Waals surface area contributed by atoms with E-state index in [9.17, 15) is 10.1 Å². The van der Waals surface area contributed by atoms with Gasteiger partial charge in [-0.05, 0) is 32.8 Å². The molecule has 2 N–H and O–H groups in total. The fraction of sp³-hybridized carbons (Fsp3) is 0.500. The van der Waals surface area contributed by atoms with Crippen molar-refractivity contribution in [2.45, 2.75) is 32.2 Å². The Labute approximate surface area is 101 Å². The van der Waals surface area contributed by atoms with E-state index in [0.29, 0.717) is 24.2 Å². The molecule has 0 aromatic heterocycles. The SMILES string of the molecule is COc1cccc(CCC(C)(C)N)c1[N+](=O)[O-]. The smallest absolute Gasteiger partial charge is 0.314 e. The molecule has 0 saturated heterocycles. The number of nitro benzene ring substituents is 1. The minimum absolute atomic E-state index is 0.0410. The summed E-state index contributed by atoms with van der Waals surface area (Å²) in [5.74, 6) is 0.294. The molecule has 1 aromatic carbocycles. The number of benzene rings is 1. The van der Waals surface area contributed by atoms with Gasteiger partial charge in [0.15, 0.2) is 5.75 Å². The topological polar surface area (TPSA) is 78.4 Å². The summed E-state index contributed by atoms with van der Waals surface area (Å²) in [6, 6.07) is 5.09. The molecule has 17 heavy (non-hydrogen) atoms. The highest BCUT2D eigenvalue weighted by Gasteiger charge is 2.21. The van der Waals surface area contributed by atoms with Crippen LogP contribution in [0.15, 0.2) is 18.2 Å². The summed E-state index contributed by atoms with van der Waals surface area (Å²) < 4.78 is 5.01. The molecule has 5 nitrogen and oxygen atoms in total. The van der Waals surface area contributed by atoms with Crippen LogP contribution in [-0.4, -0.2) is 17.6 Å². The van der Waals surface area contributed by atoms with Gasteiger partial charge >= 0.3 is 5.69 Å². The van der Waals surface area contributed by atoms with E-state index < -0.39 is 4.92 Å². The van der Waals surface area contributed by atoms with E-state index in [2.05, 4.69) is 0 Å². The quantitative estimate of drug-likeness (QED) is 0.630. The molecule has 1 aromatic rings. The van der Waals surface area contributed by atoms with Crippen LogP contribution < -0.4 is 10.5 Å². The molecule has 0 aliphatic carbocycles. The molecule has 0 heterocycles. The second-order valence-electron chi connectivity index (χ2n) is 4.71. The largest absolute Gasteiger partial charge is 0.490 e. The molecule has 1 rings (SSSR count). The molecule has 94 valence electrons. The van der Waals surface area contributed by atoms with E-state index in [4.69, 9.17) is 10.5 Å². The predicted octanol–water partition coefficient (Wildman–Crippen LogP) is 2.27. The van der Waals surface area contributed by atoms with Crippen molar-refractivity contribution in [3.05, 3.63) is 33.9 Å². The summed E-state index contributed by atoms with van der Waals surface area (Å²) in [7, 11) is 1.43. The molecule has 0 unspecified atom stereocenters. The van der Waals surface area contributed by atoms with Gasteiger partial charge < -0.3 is 10.5 Å². The highest BCUT2D eigenvalue weighted by Crippen LogP contribution is 2.31. The van der Waals surface area contributed by atoms with Crippen molar-refractivity contribution in [1.82, 2.24) is 0 Å². The standard InChI is InChI=1S/C12H18N2O3/c1-12(2,13)8-7-9-5-4-6-10(17-3)11(9)14(15)16/h4-6H,7-8,13H2,1-3H3. The maximum absolute atomic E-state index is 11.0. The van der Waals surface area contributed by atoms with Gasteiger partial charge in [-0.2, -0.15) is 0 Å². The molecule has 0 aliphatic rings. The van der Waals surface area contributed by atoms with E-state index in [1.165, 1.54) is 7.11 Å². The van der Waals surface area contributed by atoms with E-state index in [-0.39, 0.29) is 11.2 Å². The number of para-hydroxylation sites is 1. The maximum Gasteiger partial charge on any atom is 0.314 e. The average Bonchev–Trinajstić information content (AvgIpc) is 2.24. The Kier molecular flexibility index (Phi) is 4.07. The summed E-state index contributed by atoms with van der Waals surface area (Å²) in [4.78, 5) is 10.6. The summed E-state index contributed by atoms with van der Waals surface area (Å²) in [6.45, 7) is 3.80. The van der Waals surface area contributed by atoms with Crippen molar-refractivity contribution >= 4 is 5.69 Å². The van der Waals surface area contributed by atoms with Gasteiger partial charge in [-0.1, -0.05) is 12.1 Å². The zero-order valence-corrected chi connectivity index (χ0v) is 10.4. The fourth-order valence-electron chi connectivity index (χ4n) is 1.60. The number of ether oxygens (including phenoxy) is 1. The van der Waals surface area contributed by atoms with Gasteiger partial charge in [0.05, 0.1) is 12.0 Å². The van der Waals surface area contributed by atoms with E-state index in [1.807, 2.05) is 13.8 Å². The molecule has 0 amide bonds. The Hall–Kier alpha value is -1.62. The monoisotopic (exact) mass is 238 g/mol. The summed E-state index contributed by atoms with van der Waals surface area (Å²) in [6.07, 6.45) is 1.25. The lowest BCUT2D eigenvalue weighted by atomic mass is 9.95. The maximum atomic E-state index is 11.0. The van der Waals surface area contributed by atoms with Crippen LogP contribution in [0.5, 0.6) is 5.75 Å². The number of nitrogens with two attached hydrogens (primary N) is 1. The minimum atomic E-state index is -0.405. The number of nitrogens with zero attached hydrogens (tertiary/aromatic N) is 1. The van der Waals surface area contributed by atoms with Crippen LogP contribution >= 0.6 is 0 Å². The van der Waals surface area contributed by atoms with Gasteiger partial charge in [-0.25, -0.2) is 0 Å². The van der Waals surface area contributed by atoms with Gasteiger partial charge in [-0.3, -0.25) is 10.1 Å². The molecule has 5 heteroatoms. The van der Waals surface area contributed by atoms with E-state index in [1.54, 1.807) is 18.2 Å². The van der Waals surface area contributed by atoms with Gasteiger partial charge in [0, 0.05) is 11.1 Å². The van der Waals surface area contributed by atoms with Crippen LogP contribution in [0.1, 0.15) is 25.8 Å². The molecule has 0 bridgehead atoms. The van der Waals surface area contributed by atoms with Crippen molar-refractivity contribution < 1.29 is 9.66 Å². The first kappa shape index (κ1) is 13.4. The number of methoxy groups -OCH3 is 1. The fourth-order valence-corrected chi connectivity index (χ4v) is 1.60. The van der Waals surface area contributed by atoms with Crippen LogP contribution in [0.25, 0.3) is 0 Å². The highest BCUT2D eigenvalue weighted by atomic mass is 16.6. The van der Waals surface area contributed by atoms with Crippen LogP contribution in [-0.2, 0) is 6.42 Å². The van der Waals surface area contributed by atoms with Crippen molar-refractivity contribution in [1.29, 1.82) is 0 Å². The molecule has 0 aliphatic heterocycles. The Morgan fingerprint density at radius 1 is 1.47 bits per heavy atom. The average molecular weight is 238 g/mol. The molecular weight excluding hydrogens is 220 g/mol. The van der Waals surface area contributed by atoms with Gasteiger partial charge in [0.1, 0.15) is 0 Å². The lowest BCUT2D eigenvalue weighted by Crippen LogP contribution is -2.32. The molecule has 0 spiro atoms. The lowest BCUT2D eigenvalue weighted by Gasteiger charge is -2.18. The Balaban J connectivity index is 3.02. The van der Waals surface area contributed by atoms with Gasteiger partial charge in [0.25, 0.3) is 0 Å². The third-order valence-corrected chi connectivity index (χ3v) is 2.52. The van der Waals surface area contributed by atoms with E-state index in [0.717, 1.165) is 0 Å². The first-order valence-corrected chi connectivity index (χ1v) is 5.44. The first-order chi connectivity index (χ1) is 7.85. The third kappa shape index (κ3) is 3.71. The predicted molar refractivity (Wildman–Crippen MR) is 66.2 cm³/mol. The van der Waals surface area contributed by atoms with Crippen LogP contribution in [0.3, 0.4) is 0 Å². The molecule has 0 atom stereocenters. The van der Waals surface area contributed by atoms with Crippen molar-refractivity contribution in [2.75, 3.05) is 7.11 Å².